The number of hydrogen-bond acceptors (Lipinski definition) is 5. The first-order valence-electron chi connectivity index (χ1n) is 6.06. The van der Waals surface area contributed by atoms with Gasteiger partial charge in [-0.15, -0.1) is 0 Å². The van der Waals surface area contributed by atoms with Crippen molar-refractivity contribution in [2.24, 2.45) is 12.2 Å². The second-order valence-electron chi connectivity index (χ2n) is 4.56. The number of benzene rings is 1. The lowest BCUT2D eigenvalue weighted by molar-refractivity contribution is 0.322. The fraction of sp³-hybridized carbons (Fsp3) is 0.214. The Balaban J connectivity index is 2.82. The van der Waals surface area contributed by atoms with Crippen molar-refractivity contribution in [2.75, 3.05) is 19.0 Å². The van der Waals surface area contributed by atoms with Gasteiger partial charge in [-0.2, -0.15) is 5.10 Å². The second kappa shape index (κ2) is 5.56. The van der Waals surface area contributed by atoms with Crippen molar-refractivity contribution in [1.82, 2.24) is 9.78 Å². The zero-order valence-electron chi connectivity index (χ0n) is 11.6. The van der Waals surface area contributed by atoms with E-state index >= 15 is 0 Å². The minimum absolute atomic E-state index is 0.199. The van der Waals surface area contributed by atoms with Crippen LogP contribution in [-0.4, -0.2) is 35.3 Å². The van der Waals surface area contributed by atoms with E-state index in [1.165, 1.54) is 10.9 Å². The van der Waals surface area contributed by atoms with Crippen LogP contribution in [0.15, 0.2) is 40.4 Å². The van der Waals surface area contributed by atoms with Gasteiger partial charge in [0.15, 0.2) is 0 Å². The molecule has 2 aromatic rings. The summed E-state index contributed by atoms with van der Waals surface area (Å²) in [6.45, 7) is 0. The van der Waals surface area contributed by atoms with E-state index in [4.69, 9.17) is 5.21 Å². The van der Waals surface area contributed by atoms with Crippen molar-refractivity contribution in [1.29, 1.82) is 0 Å². The number of hydrogen-bond donors (Lipinski definition) is 1. The van der Waals surface area contributed by atoms with Crippen molar-refractivity contribution in [3.8, 4) is 11.1 Å². The average Bonchev–Trinajstić information content (AvgIpc) is 2.42. The smallest absolute Gasteiger partial charge is 0.276 e. The fourth-order valence-corrected chi connectivity index (χ4v) is 2.02. The largest absolute Gasteiger partial charge is 0.411 e. The molecule has 0 spiro atoms. The van der Waals surface area contributed by atoms with E-state index in [1.54, 1.807) is 19.3 Å². The summed E-state index contributed by atoms with van der Waals surface area (Å²) in [6, 6.07) is 7.26. The Labute approximate surface area is 116 Å². The predicted molar refractivity (Wildman–Crippen MR) is 78.6 cm³/mol. The van der Waals surface area contributed by atoms with Gasteiger partial charge in [0.1, 0.15) is 0 Å². The predicted octanol–water partition coefficient (Wildman–Crippen LogP) is 1.32. The van der Waals surface area contributed by atoms with E-state index < -0.39 is 0 Å². The Morgan fingerprint density at radius 1 is 1.35 bits per heavy atom. The van der Waals surface area contributed by atoms with Gasteiger partial charge in [0, 0.05) is 26.7 Å². The second-order valence-corrected chi connectivity index (χ2v) is 4.56. The Morgan fingerprint density at radius 3 is 2.70 bits per heavy atom. The molecule has 20 heavy (non-hydrogen) atoms. The molecule has 0 radical (unpaired) electrons. The topological polar surface area (TPSA) is 70.7 Å². The Bertz CT molecular complexity index is 705. The van der Waals surface area contributed by atoms with Gasteiger partial charge in [-0.05, 0) is 5.56 Å². The first-order valence-corrected chi connectivity index (χ1v) is 6.06. The van der Waals surface area contributed by atoms with E-state index in [2.05, 4.69) is 10.3 Å². The van der Waals surface area contributed by atoms with Gasteiger partial charge in [-0.25, -0.2) is 4.68 Å². The van der Waals surface area contributed by atoms with E-state index in [9.17, 15) is 4.79 Å². The molecule has 0 bridgehead atoms. The zero-order valence-corrected chi connectivity index (χ0v) is 11.6. The van der Waals surface area contributed by atoms with Crippen LogP contribution in [0.3, 0.4) is 0 Å². The molecule has 0 amide bonds. The van der Waals surface area contributed by atoms with Gasteiger partial charge >= 0.3 is 0 Å². The van der Waals surface area contributed by atoms with Crippen LogP contribution in [0, 0.1) is 0 Å². The lowest BCUT2D eigenvalue weighted by Crippen LogP contribution is -2.25. The SMILES string of the molecule is CN(C)c1cnn(C)c(=O)c1-c1ccccc1C=NO. The normalized spacial score (nSPS) is 10.9. The molecule has 1 aromatic carbocycles. The maximum absolute atomic E-state index is 12.4. The molecule has 0 aliphatic heterocycles. The molecule has 0 saturated heterocycles. The third kappa shape index (κ3) is 2.40. The molecule has 104 valence electrons. The number of aromatic nitrogens is 2. The van der Waals surface area contributed by atoms with Crippen LogP contribution < -0.4 is 10.5 Å². The van der Waals surface area contributed by atoms with Gasteiger partial charge in [-0.1, -0.05) is 29.4 Å². The number of rotatable bonds is 3. The summed E-state index contributed by atoms with van der Waals surface area (Å²) < 4.78 is 1.29. The summed E-state index contributed by atoms with van der Waals surface area (Å²) in [7, 11) is 5.30. The van der Waals surface area contributed by atoms with Gasteiger partial charge in [0.25, 0.3) is 5.56 Å². The summed E-state index contributed by atoms with van der Waals surface area (Å²) in [5.41, 5.74) is 2.42. The van der Waals surface area contributed by atoms with E-state index in [1.807, 2.05) is 37.2 Å². The first kappa shape index (κ1) is 13.8. The van der Waals surface area contributed by atoms with E-state index in [0.29, 0.717) is 22.4 Å². The summed E-state index contributed by atoms with van der Waals surface area (Å²) in [5.74, 6) is 0. The van der Waals surface area contributed by atoms with Crippen LogP contribution >= 0.6 is 0 Å². The van der Waals surface area contributed by atoms with Crippen LogP contribution in [0.2, 0.25) is 0 Å². The Hall–Kier alpha value is -2.63. The van der Waals surface area contributed by atoms with Crippen LogP contribution in [0.5, 0.6) is 0 Å². The summed E-state index contributed by atoms with van der Waals surface area (Å²) in [4.78, 5) is 14.2. The maximum Gasteiger partial charge on any atom is 0.276 e. The maximum atomic E-state index is 12.4. The van der Waals surface area contributed by atoms with Gasteiger partial charge in [0.2, 0.25) is 0 Å². The fourth-order valence-electron chi connectivity index (χ4n) is 2.02. The van der Waals surface area contributed by atoms with Crippen molar-refractivity contribution >= 4 is 11.9 Å². The standard InChI is InChI=1S/C14H16N4O2/c1-17(2)12-9-15-18(3)14(19)13(12)11-7-5-4-6-10(11)8-16-20/h4-9,20H,1-3H3. The highest BCUT2D eigenvalue weighted by atomic mass is 16.4. The van der Waals surface area contributed by atoms with Crippen LogP contribution in [0.25, 0.3) is 11.1 Å². The van der Waals surface area contributed by atoms with Crippen molar-refractivity contribution in [2.45, 2.75) is 0 Å². The van der Waals surface area contributed by atoms with Gasteiger partial charge in [0.05, 0.1) is 23.7 Å². The number of anilines is 1. The molecule has 0 unspecified atom stereocenters. The monoisotopic (exact) mass is 272 g/mol. The van der Waals surface area contributed by atoms with E-state index in [-0.39, 0.29) is 5.56 Å². The highest BCUT2D eigenvalue weighted by Crippen LogP contribution is 2.27. The molecular formula is C14H16N4O2. The van der Waals surface area contributed by atoms with Crippen molar-refractivity contribution in [3.63, 3.8) is 0 Å². The molecular weight excluding hydrogens is 256 g/mol. The molecule has 6 heteroatoms. The minimum atomic E-state index is -0.199. The molecule has 0 aliphatic rings. The zero-order chi connectivity index (χ0) is 14.7. The van der Waals surface area contributed by atoms with E-state index in [0.717, 1.165) is 0 Å². The highest BCUT2D eigenvalue weighted by Gasteiger charge is 2.16. The number of oxime groups is 1. The third-order valence-electron chi connectivity index (χ3n) is 3.03. The number of nitrogens with zero attached hydrogens (tertiary/aromatic N) is 4. The number of aryl methyl sites for hydroxylation is 1. The Morgan fingerprint density at radius 2 is 2.05 bits per heavy atom. The molecule has 0 atom stereocenters. The lowest BCUT2D eigenvalue weighted by Gasteiger charge is -2.18. The summed E-state index contributed by atoms with van der Waals surface area (Å²) >= 11 is 0. The van der Waals surface area contributed by atoms with Crippen molar-refractivity contribution < 1.29 is 5.21 Å². The molecule has 6 nitrogen and oxygen atoms in total. The van der Waals surface area contributed by atoms with Gasteiger partial charge in [-0.3, -0.25) is 4.79 Å². The van der Waals surface area contributed by atoms with Crippen LogP contribution in [0.1, 0.15) is 5.56 Å². The third-order valence-corrected chi connectivity index (χ3v) is 3.03. The molecule has 2 rings (SSSR count). The molecule has 0 aliphatic carbocycles. The Kier molecular flexibility index (Phi) is 3.84. The molecule has 1 aromatic heterocycles. The summed E-state index contributed by atoms with van der Waals surface area (Å²) in [6.07, 6.45) is 2.96. The molecule has 0 fully saturated rings. The minimum Gasteiger partial charge on any atom is -0.411 e. The van der Waals surface area contributed by atoms with Crippen LogP contribution in [0.4, 0.5) is 5.69 Å². The lowest BCUT2D eigenvalue weighted by atomic mass is 10.0. The van der Waals surface area contributed by atoms with Crippen LogP contribution in [-0.2, 0) is 7.05 Å². The quantitative estimate of drug-likeness (QED) is 0.520. The average molecular weight is 272 g/mol. The molecule has 1 heterocycles. The van der Waals surface area contributed by atoms with Gasteiger partial charge < -0.3 is 10.1 Å². The first-order chi connectivity index (χ1) is 9.56. The molecule has 1 N–H and O–H groups in total. The summed E-state index contributed by atoms with van der Waals surface area (Å²) in [5, 5.41) is 15.9. The van der Waals surface area contributed by atoms with Crippen molar-refractivity contribution in [3.05, 3.63) is 46.4 Å². The molecule has 0 saturated carbocycles. The highest BCUT2D eigenvalue weighted by molar-refractivity contribution is 5.93.